The van der Waals surface area contributed by atoms with E-state index in [0.717, 1.165) is 12.1 Å². The third-order valence-electron chi connectivity index (χ3n) is 3.20. The molecule has 7 nitrogen and oxygen atoms in total. The van der Waals surface area contributed by atoms with E-state index in [9.17, 15) is 4.79 Å². The van der Waals surface area contributed by atoms with Crippen molar-refractivity contribution in [2.45, 2.75) is 33.2 Å². The molecule has 0 aliphatic rings. The molecule has 0 saturated carbocycles. The van der Waals surface area contributed by atoms with Crippen molar-refractivity contribution in [1.82, 2.24) is 19.6 Å². The van der Waals surface area contributed by atoms with Gasteiger partial charge in [-0.3, -0.25) is 4.79 Å². The average Bonchev–Trinajstić information content (AvgIpc) is 2.82. The molecule has 0 aliphatic heterocycles. The van der Waals surface area contributed by atoms with Crippen molar-refractivity contribution in [2.24, 2.45) is 11.7 Å². The van der Waals surface area contributed by atoms with Crippen LogP contribution in [-0.2, 0) is 4.79 Å². The van der Waals surface area contributed by atoms with Crippen molar-refractivity contribution in [2.75, 3.05) is 5.32 Å². The number of anilines is 1. The van der Waals surface area contributed by atoms with Crippen LogP contribution in [0, 0.1) is 12.8 Å². The minimum Gasteiger partial charge on any atom is -0.368 e. The van der Waals surface area contributed by atoms with E-state index in [1.807, 2.05) is 26.8 Å². The average molecular weight is 262 g/mol. The monoisotopic (exact) mass is 262 g/mol. The van der Waals surface area contributed by atoms with Crippen LogP contribution in [0.4, 0.5) is 5.82 Å². The van der Waals surface area contributed by atoms with Crippen molar-refractivity contribution in [3.05, 3.63) is 18.1 Å². The first-order valence-corrected chi connectivity index (χ1v) is 6.26. The van der Waals surface area contributed by atoms with Crippen LogP contribution in [0.3, 0.4) is 0 Å². The second-order valence-electron chi connectivity index (χ2n) is 4.66. The van der Waals surface area contributed by atoms with E-state index >= 15 is 0 Å². The second-order valence-corrected chi connectivity index (χ2v) is 4.66. The minimum atomic E-state index is -0.445. The Morgan fingerprint density at radius 1 is 1.58 bits per heavy atom. The van der Waals surface area contributed by atoms with Crippen LogP contribution < -0.4 is 11.1 Å². The lowest BCUT2D eigenvalue weighted by molar-refractivity contribution is -0.119. The lowest BCUT2D eigenvalue weighted by Gasteiger charge is -2.22. The molecule has 2 unspecified atom stereocenters. The molecule has 0 aliphatic carbocycles. The number of aromatic nitrogens is 4. The molecule has 1 amide bonds. The van der Waals surface area contributed by atoms with Crippen molar-refractivity contribution in [3.63, 3.8) is 0 Å². The summed E-state index contributed by atoms with van der Waals surface area (Å²) in [7, 11) is 0. The fourth-order valence-corrected chi connectivity index (χ4v) is 1.92. The summed E-state index contributed by atoms with van der Waals surface area (Å²) >= 11 is 0. The Kier molecular flexibility index (Phi) is 3.64. The van der Waals surface area contributed by atoms with Crippen LogP contribution in [-0.4, -0.2) is 31.5 Å². The van der Waals surface area contributed by atoms with E-state index in [-0.39, 0.29) is 11.8 Å². The van der Waals surface area contributed by atoms with Gasteiger partial charge in [-0.25, -0.2) is 4.98 Å². The maximum atomic E-state index is 11.6. The topological polar surface area (TPSA) is 98.2 Å². The normalized spacial score (nSPS) is 14.3. The summed E-state index contributed by atoms with van der Waals surface area (Å²) in [5.74, 6) is 0.917. The number of rotatable bonds is 5. The van der Waals surface area contributed by atoms with E-state index in [1.165, 1.54) is 6.33 Å². The van der Waals surface area contributed by atoms with E-state index in [1.54, 1.807) is 4.52 Å². The number of fused-ring (bicyclic) bond motifs is 1. The number of amides is 1. The first kappa shape index (κ1) is 13.3. The SMILES string of the molecule is CCC(C)C(Nc1cc(C)nc2ncnn12)C(N)=O. The molecule has 2 rings (SSSR count). The maximum Gasteiger partial charge on any atom is 0.254 e. The molecule has 2 aromatic heterocycles. The Balaban J connectivity index is 2.38. The standard InChI is InChI=1S/C12H18N6O/c1-4-7(2)10(11(13)19)17-9-5-8(3)16-12-14-6-15-18(9)12/h5-7,10,17H,4H2,1-3H3,(H2,13,19). The van der Waals surface area contributed by atoms with Gasteiger partial charge < -0.3 is 11.1 Å². The number of carbonyl (C=O) groups excluding carboxylic acids is 1. The van der Waals surface area contributed by atoms with Crippen LogP contribution in [0.25, 0.3) is 5.78 Å². The first-order valence-electron chi connectivity index (χ1n) is 6.26. The maximum absolute atomic E-state index is 11.6. The lowest BCUT2D eigenvalue weighted by Crippen LogP contribution is -2.41. The van der Waals surface area contributed by atoms with Gasteiger partial charge in [0.1, 0.15) is 18.2 Å². The zero-order valence-electron chi connectivity index (χ0n) is 11.3. The number of aryl methyl sites for hydroxylation is 1. The fourth-order valence-electron chi connectivity index (χ4n) is 1.92. The third-order valence-corrected chi connectivity index (χ3v) is 3.20. The molecule has 102 valence electrons. The van der Waals surface area contributed by atoms with Crippen molar-refractivity contribution in [3.8, 4) is 0 Å². The van der Waals surface area contributed by atoms with Gasteiger partial charge in [-0.2, -0.15) is 14.6 Å². The van der Waals surface area contributed by atoms with Crippen LogP contribution in [0.5, 0.6) is 0 Å². The van der Waals surface area contributed by atoms with Crippen molar-refractivity contribution < 1.29 is 4.79 Å². The highest BCUT2D eigenvalue weighted by Crippen LogP contribution is 2.16. The van der Waals surface area contributed by atoms with Gasteiger partial charge in [0, 0.05) is 11.8 Å². The summed E-state index contributed by atoms with van der Waals surface area (Å²) in [5.41, 5.74) is 6.26. The smallest absolute Gasteiger partial charge is 0.254 e. The highest BCUT2D eigenvalue weighted by molar-refractivity contribution is 5.83. The van der Waals surface area contributed by atoms with Gasteiger partial charge >= 0.3 is 0 Å². The quantitative estimate of drug-likeness (QED) is 0.828. The molecule has 0 saturated heterocycles. The summed E-state index contributed by atoms with van der Waals surface area (Å²) in [4.78, 5) is 19.9. The number of nitrogens with one attached hydrogen (secondary N) is 1. The number of hydrogen-bond acceptors (Lipinski definition) is 5. The minimum absolute atomic E-state index is 0.129. The summed E-state index contributed by atoms with van der Waals surface area (Å²) in [6.07, 6.45) is 2.28. The number of primary amides is 1. The van der Waals surface area contributed by atoms with Gasteiger partial charge in [-0.05, 0) is 12.8 Å². The number of nitrogens with zero attached hydrogens (tertiary/aromatic N) is 4. The molecule has 2 aromatic rings. The van der Waals surface area contributed by atoms with Crippen LogP contribution in [0.2, 0.25) is 0 Å². The fraction of sp³-hybridized carbons (Fsp3) is 0.500. The molecule has 0 radical (unpaired) electrons. The van der Waals surface area contributed by atoms with Gasteiger partial charge in [0.2, 0.25) is 5.91 Å². The Morgan fingerprint density at radius 3 is 2.95 bits per heavy atom. The molecule has 7 heteroatoms. The Bertz CT molecular complexity index is 593. The van der Waals surface area contributed by atoms with Crippen molar-refractivity contribution >= 4 is 17.5 Å². The van der Waals surface area contributed by atoms with Gasteiger partial charge in [0.25, 0.3) is 5.78 Å². The molecule has 2 heterocycles. The summed E-state index contributed by atoms with van der Waals surface area (Å²) in [6, 6.07) is 1.37. The van der Waals surface area contributed by atoms with E-state index < -0.39 is 6.04 Å². The van der Waals surface area contributed by atoms with Crippen LogP contribution >= 0.6 is 0 Å². The predicted octanol–water partition coefficient (Wildman–Crippen LogP) is 0.745. The Labute approximate surface area is 111 Å². The summed E-state index contributed by atoms with van der Waals surface area (Å²) in [5, 5.41) is 7.23. The Hall–Kier alpha value is -2.18. The van der Waals surface area contributed by atoms with Crippen LogP contribution in [0.1, 0.15) is 26.0 Å². The largest absolute Gasteiger partial charge is 0.368 e. The van der Waals surface area contributed by atoms with Gasteiger partial charge in [-0.15, -0.1) is 0 Å². The zero-order chi connectivity index (χ0) is 14.0. The molecule has 0 spiro atoms. The number of carbonyl (C=O) groups is 1. The summed E-state index contributed by atoms with van der Waals surface area (Å²) in [6.45, 7) is 5.86. The number of nitrogens with two attached hydrogens (primary N) is 1. The van der Waals surface area contributed by atoms with Crippen LogP contribution in [0.15, 0.2) is 12.4 Å². The summed E-state index contributed by atoms with van der Waals surface area (Å²) < 4.78 is 1.56. The predicted molar refractivity (Wildman–Crippen MR) is 71.6 cm³/mol. The van der Waals surface area contributed by atoms with Gasteiger partial charge in [-0.1, -0.05) is 20.3 Å². The zero-order valence-corrected chi connectivity index (χ0v) is 11.3. The van der Waals surface area contributed by atoms with Gasteiger partial charge in [0.05, 0.1) is 0 Å². The van der Waals surface area contributed by atoms with E-state index in [0.29, 0.717) is 11.6 Å². The second kappa shape index (κ2) is 5.21. The highest BCUT2D eigenvalue weighted by atomic mass is 16.1. The lowest BCUT2D eigenvalue weighted by atomic mass is 9.99. The number of hydrogen-bond donors (Lipinski definition) is 2. The molecule has 0 bridgehead atoms. The third kappa shape index (κ3) is 2.64. The van der Waals surface area contributed by atoms with E-state index in [4.69, 9.17) is 5.73 Å². The first-order chi connectivity index (χ1) is 9.02. The van der Waals surface area contributed by atoms with Gasteiger partial charge in [0.15, 0.2) is 0 Å². The van der Waals surface area contributed by atoms with Crippen molar-refractivity contribution in [1.29, 1.82) is 0 Å². The van der Waals surface area contributed by atoms with E-state index in [2.05, 4.69) is 20.4 Å². The molecular formula is C12H18N6O. The molecule has 2 atom stereocenters. The molecular weight excluding hydrogens is 244 g/mol. The molecule has 0 fully saturated rings. The molecule has 0 aromatic carbocycles. The Morgan fingerprint density at radius 2 is 2.32 bits per heavy atom. The molecule has 3 N–H and O–H groups in total. The highest BCUT2D eigenvalue weighted by Gasteiger charge is 2.22. The molecule has 19 heavy (non-hydrogen) atoms.